The minimum atomic E-state index is 0.00134. The molecule has 4 nitrogen and oxygen atoms in total. The van der Waals surface area contributed by atoms with E-state index in [2.05, 4.69) is 16.5 Å². The molecule has 0 aromatic carbocycles. The summed E-state index contributed by atoms with van der Waals surface area (Å²) in [6, 6.07) is 0. The Morgan fingerprint density at radius 1 is 1.65 bits per heavy atom. The lowest BCUT2D eigenvalue weighted by Crippen LogP contribution is -2.47. The highest BCUT2D eigenvalue weighted by Gasteiger charge is 2.43. The molecule has 0 unspecified atom stereocenters. The van der Waals surface area contributed by atoms with Crippen molar-refractivity contribution in [3.63, 3.8) is 0 Å². The van der Waals surface area contributed by atoms with E-state index in [-0.39, 0.29) is 11.7 Å². The van der Waals surface area contributed by atoms with E-state index in [1.807, 2.05) is 11.6 Å². The lowest BCUT2D eigenvalue weighted by molar-refractivity contribution is -0.0544. The van der Waals surface area contributed by atoms with E-state index in [1.54, 1.807) is 17.4 Å². The van der Waals surface area contributed by atoms with Gasteiger partial charge in [0.1, 0.15) is 5.01 Å². The standard InChI is InChI=1S/C15H22N2O2S/c1-2-7-18-13-9-15(19-11-13)4-3-6-17(12-15)10-14-16-5-8-20-14/h2,5,8,13H,1,3-4,6-7,9-12H2/t13-,15+/m0/s1. The van der Waals surface area contributed by atoms with Gasteiger partial charge in [-0.25, -0.2) is 4.98 Å². The zero-order chi connectivity index (χ0) is 13.8. The van der Waals surface area contributed by atoms with Crippen LogP contribution in [0.2, 0.25) is 0 Å². The highest BCUT2D eigenvalue weighted by molar-refractivity contribution is 7.09. The van der Waals surface area contributed by atoms with Gasteiger partial charge in [0.05, 0.1) is 31.5 Å². The molecule has 0 bridgehead atoms. The van der Waals surface area contributed by atoms with Crippen molar-refractivity contribution < 1.29 is 9.47 Å². The monoisotopic (exact) mass is 294 g/mol. The maximum Gasteiger partial charge on any atom is 0.107 e. The van der Waals surface area contributed by atoms with E-state index in [9.17, 15) is 0 Å². The largest absolute Gasteiger partial charge is 0.372 e. The number of aromatic nitrogens is 1. The molecule has 5 heteroatoms. The van der Waals surface area contributed by atoms with Crippen LogP contribution in [0.3, 0.4) is 0 Å². The molecule has 0 radical (unpaired) electrons. The van der Waals surface area contributed by atoms with Crippen molar-refractivity contribution >= 4 is 11.3 Å². The van der Waals surface area contributed by atoms with Gasteiger partial charge in [-0.1, -0.05) is 6.08 Å². The molecule has 2 fully saturated rings. The second-order valence-corrected chi connectivity index (χ2v) is 6.66. The molecule has 1 aromatic rings. The predicted molar refractivity (Wildman–Crippen MR) is 79.9 cm³/mol. The van der Waals surface area contributed by atoms with Crippen LogP contribution in [0.15, 0.2) is 24.2 Å². The third kappa shape index (κ3) is 3.28. The number of nitrogens with zero attached hydrogens (tertiary/aromatic N) is 2. The Hall–Kier alpha value is -0.750. The first-order chi connectivity index (χ1) is 9.80. The van der Waals surface area contributed by atoms with Crippen LogP contribution in [0.25, 0.3) is 0 Å². The summed E-state index contributed by atoms with van der Waals surface area (Å²) in [6.07, 6.45) is 7.27. The summed E-state index contributed by atoms with van der Waals surface area (Å²) in [4.78, 5) is 6.85. The Morgan fingerprint density at radius 2 is 2.60 bits per heavy atom. The van der Waals surface area contributed by atoms with Gasteiger partial charge in [0.2, 0.25) is 0 Å². The van der Waals surface area contributed by atoms with Gasteiger partial charge in [0.25, 0.3) is 0 Å². The number of hydrogen-bond donors (Lipinski definition) is 0. The van der Waals surface area contributed by atoms with Crippen LogP contribution >= 0.6 is 11.3 Å². The average molecular weight is 294 g/mol. The van der Waals surface area contributed by atoms with Gasteiger partial charge < -0.3 is 9.47 Å². The third-order valence-electron chi connectivity index (χ3n) is 4.09. The second kappa shape index (κ2) is 6.35. The molecule has 0 saturated carbocycles. The van der Waals surface area contributed by atoms with Crippen LogP contribution < -0.4 is 0 Å². The number of rotatable bonds is 5. The zero-order valence-corrected chi connectivity index (χ0v) is 12.6. The van der Waals surface area contributed by atoms with E-state index in [4.69, 9.17) is 9.47 Å². The number of thiazole rings is 1. The molecule has 2 atom stereocenters. The topological polar surface area (TPSA) is 34.6 Å². The van der Waals surface area contributed by atoms with Crippen LogP contribution in [0.4, 0.5) is 0 Å². The lowest BCUT2D eigenvalue weighted by atomic mass is 9.89. The summed E-state index contributed by atoms with van der Waals surface area (Å²) in [7, 11) is 0. The molecule has 2 aliphatic rings. The van der Waals surface area contributed by atoms with Crippen LogP contribution in [0, 0.1) is 0 Å². The zero-order valence-electron chi connectivity index (χ0n) is 11.8. The highest BCUT2D eigenvalue weighted by Crippen LogP contribution is 2.36. The fourth-order valence-corrected chi connectivity index (χ4v) is 3.90. The van der Waals surface area contributed by atoms with Crippen molar-refractivity contribution in [2.24, 2.45) is 0 Å². The Balaban J connectivity index is 1.56. The van der Waals surface area contributed by atoms with Crippen molar-refractivity contribution in [1.29, 1.82) is 0 Å². The van der Waals surface area contributed by atoms with Crippen molar-refractivity contribution in [2.45, 2.75) is 37.5 Å². The van der Waals surface area contributed by atoms with E-state index < -0.39 is 0 Å². The summed E-state index contributed by atoms with van der Waals surface area (Å²) in [5.74, 6) is 0. The summed E-state index contributed by atoms with van der Waals surface area (Å²) in [5, 5.41) is 3.24. The molecular weight excluding hydrogens is 272 g/mol. The minimum Gasteiger partial charge on any atom is -0.372 e. The number of piperidine rings is 1. The molecule has 110 valence electrons. The molecular formula is C15H22N2O2S. The summed E-state index contributed by atoms with van der Waals surface area (Å²) < 4.78 is 11.9. The average Bonchev–Trinajstić information content (AvgIpc) is 3.07. The van der Waals surface area contributed by atoms with Crippen LogP contribution in [0.1, 0.15) is 24.3 Å². The van der Waals surface area contributed by atoms with E-state index >= 15 is 0 Å². The van der Waals surface area contributed by atoms with Gasteiger partial charge in [-0.15, -0.1) is 17.9 Å². The quantitative estimate of drug-likeness (QED) is 0.781. The van der Waals surface area contributed by atoms with Gasteiger partial charge in [-0.2, -0.15) is 0 Å². The Kier molecular flexibility index (Phi) is 4.51. The molecule has 0 N–H and O–H groups in total. The fourth-order valence-electron chi connectivity index (χ4n) is 3.25. The van der Waals surface area contributed by atoms with Crippen molar-refractivity contribution in [1.82, 2.24) is 9.88 Å². The van der Waals surface area contributed by atoms with Crippen molar-refractivity contribution in [3.05, 3.63) is 29.2 Å². The van der Waals surface area contributed by atoms with Gasteiger partial charge in [-0.05, 0) is 19.4 Å². The first-order valence-corrected chi connectivity index (χ1v) is 8.15. The van der Waals surface area contributed by atoms with Gasteiger partial charge in [0.15, 0.2) is 0 Å². The molecule has 0 amide bonds. The normalized spacial score (nSPS) is 30.9. The van der Waals surface area contributed by atoms with Crippen LogP contribution in [0.5, 0.6) is 0 Å². The summed E-state index contributed by atoms with van der Waals surface area (Å²) in [5.41, 5.74) is 0.00134. The SMILES string of the molecule is C=CCO[C@@H]1CO[C@]2(CCCN(Cc3nccs3)C2)C1. The first kappa shape index (κ1) is 14.2. The number of hydrogen-bond acceptors (Lipinski definition) is 5. The molecule has 3 heterocycles. The molecule has 0 aliphatic carbocycles. The molecule has 3 rings (SSSR count). The Labute approximate surface area is 124 Å². The van der Waals surface area contributed by atoms with Crippen LogP contribution in [-0.4, -0.2) is 47.9 Å². The van der Waals surface area contributed by atoms with Gasteiger partial charge >= 0.3 is 0 Å². The highest BCUT2D eigenvalue weighted by atomic mass is 32.1. The maximum atomic E-state index is 6.12. The van der Waals surface area contributed by atoms with Gasteiger partial charge in [-0.3, -0.25) is 4.90 Å². The van der Waals surface area contributed by atoms with Crippen LogP contribution in [-0.2, 0) is 16.0 Å². The molecule has 1 spiro atoms. The molecule has 1 aromatic heterocycles. The fraction of sp³-hybridized carbons (Fsp3) is 0.667. The Morgan fingerprint density at radius 3 is 3.40 bits per heavy atom. The van der Waals surface area contributed by atoms with Crippen molar-refractivity contribution in [3.8, 4) is 0 Å². The first-order valence-electron chi connectivity index (χ1n) is 7.27. The van der Waals surface area contributed by atoms with E-state index in [0.717, 1.165) is 39.1 Å². The smallest absolute Gasteiger partial charge is 0.107 e. The number of likely N-dealkylation sites (tertiary alicyclic amines) is 1. The predicted octanol–water partition coefficient (Wildman–Crippen LogP) is 2.47. The third-order valence-corrected chi connectivity index (χ3v) is 4.85. The second-order valence-electron chi connectivity index (χ2n) is 5.68. The number of ether oxygens (including phenoxy) is 2. The Bertz CT molecular complexity index is 437. The minimum absolute atomic E-state index is 0.00134. The summed E-state index contributed by atoms with van der Waals surface area (Å²) in [6.45, 7) is 8.13. The van der Waals surface area contributed by atoms with E-state index in [0.29, 0.717) is 6.61 Å². The molecule has 2 saturated heterocycles. The van der Waals surface area contributed by atoms with Crippen molar-refractivity contribution in [2.75, 3.05) is 26.3 Å². The molecule has 20 heavy (non-hydrogen) atoms. The van der Waals surface area contributed by atoms with Gasteiger partial charge in [0, 0.05) is 24.5 Å². The maximum absolute atomic E-state index is 6.12. The summed E-state index contributed by atoms with van der Waals surface area (Å²) >= 11 is 1.73. The lowest BCUT2D eigenvalue weighted by Gasteiger charge is -2.39. The molecule has 2 aliphatic heterocycles. The van der Waals surface area contributed by atoms with E-state index in [1.165, 1.54) is 11.4 Å².